The van der Waals surface area contributed by atoms with Gasteiger partial charge in [-0.2, -0.15) is 0 Å². The predicted octanol–water partition coefficient (Wildman–Crippen LogP) is 1.40. The van der Waals surface area contributed by atoms with Crippen molar-refractivity contribution in [3.63, 3.8) is 0 Å². The average Bonchev–Trinajstić information content (AvgIpc) is 3.23. The van der Waals surface area contributed by atoms with Crippen molar-refractivity contribution in [2.45, 2.75) is 38.4 Å². The lowest BCUT2D eigenvalue weighted by atomic mass is 10.3. The fourth-order valence-corrected chi connectivity index (χ4v) is 2.34. The van der Waals surface area contributed by atoms with Crippen molar-refractivity contribution < 1.29 is 5.11 Å². The third-order valence-electron chi connectivity index (χ3n) is 4.00. The second-order valence-corrected chi connectivity index (χ2v) is 5.61. The molecule has 2 heterocycles. The standard InChI is InChI=1S/C15H22N4O/c1-11(10-20)18(2)15-13(9-16-12-6-7-12)19-8-4-3-5-14(19)17-15/h3-5,8,11-12,16,20H,6-7,9-10H2,1-2H3. The van der Waals surface area contributed by atoms with Crippen LogP contribution in [0.25, 0.3) is 5.65 Å². The maximum absolute atomic E-state index is 9.37. The maximum Gasteiger partial charge on any atom is 0.152 e. The topological polar surface area (TPSA) is 52.8 Å². The van der Waals surface area contributed by atoms with Gasteiger partial charge in [0.15, 0.2) is 5.82 Å². The number of hydrogen-bond acceptors (Lipinski definition) is 4. The van der Waals surface area contributed by atoms with E-state index in [0.29, 0.717) is 6.04 Å². The Balaban J connectivity index is 1.97. The van der Waals surface area contributed by atoms with E-state index in [2.05, 4.69) is 14.6 Å². The van der Waals surface area contributed by atoms with Gasteiger partial charge in [0, 0.05) is 25.8 Å². The molecule has 1 aliphatic carbocycles. The second-order valence-electron chi connectivity index (χ2n) is 5.61. The highest BCUT2D eigenvalue weighted by Gasteiger charge is 2.23. The van der Waals surface area contributed by atoms with Crippen LogP contribution in [0.4, 0.5) is 5.82 Å². The molecule has 20 heavy (non-hydrogen) atoms. The summed E-state index contributed by atoms with van der Waals surface area (Å²) in [7, 11) is 1.99. The van der Waals surface area contributed by atoms with Crippen molar-refractivity contribution >= 4 is 11.5 Å². The van der Waals surface area contributed by atoms with Crippen molar-refractivity contribution in [2.24, 2.45) is 0 Å². The van der Waals surface area contributed by atoms with Gasteiger partial charge in [-0.1, -0.05) is 6.07 Å². The van der Waals surface area contributed by atoms with Gasteiger partial charge in [0.25, 0.3) is 0 Å². The minimum Gasteiger partial charge on any atom is -0.394 e. The fraction of sp³-hybridized carbons (Fsp3) is 0.533. The van der Waals surface area contributed by atoms with Crippen molar-refractivity contribution in [1.82, 2.24) is 14.7 Å². The summed E-state index contributed by atoms with van der Waals surface area (Å²) < 4.78 is 2.13. The Labute approximate surface area is 119 Å². The molecule has 5 nitrogen and oxygen atoms in total. The minimum absolute atomic E-state index is 0.0552. The Morgan fingerprint density at radius 2 is 2.30 bits per heavy atom. The Morgan fingerprint density at radius 1 is 1.50 bits per heavy atom. The largest absolute Gasteiger partial charge is 0.394 e. The first-order valence-electron chi connectivity index (χ1n) is 7.23. The van der Waals surface area contributed by atoms with E-state index in [4.69, 9.17) is 4.98 Å². The van der Waals surface area contributed by atoms with Crippen LogP contribution in [0.5, 0.6) is 0 Å². The van der Waals surface area contributed by atoms with Crippen molar-refractivity contribution in [3.05, 3.63) is 30.1 Å². The first kappa shape index (κ1) is 13.4. The lowest BCUT2D eigenvalue weighted by Crippen LogP contribution is -2.33. The van der Waals surface area contributed by atoms with Gasteiger partial charge in [-0.3, -0.25) is 0 Å². The zero-order valence-corrected chi connectivity index (χ0v) is 12.1. The monoisotopic (exact) mass is 274 g/mol. The molecule has 1 unspecified atom stereocenters. The number of aromatic nitrogens is 2. The zero-order valence-electron chi connectivity index (χ0n) is 12.1. The van der Waals surface area contributed by atoms with Gasteiger partial charge in [-0.15, -0.1) is 0 Å². The first-order chi connectivity index (χ1) is 9.70. The van der Waals surface area contributed by atoms with Crippen LogP contribution >= 0.6 is 0 Å². The molecule has 108 valence electrons. The van der Waals surface area contributed by atoms with Crippen LogP contribution in [0, 0.1) is 0 Å². The number of pyridine rings is 1. The fourth-order valence-electron chi connectivity index (χ4n) is 2.34. The zero-order chi connectivity index (χ0) is 14.1. The molecule has 0 saturated heterocycles. The summed E-state index contributed by atoms with van der Waals surface area (Å²) in [5, 5.41) is 12.9. The molecule has 0 amide bonds. The number of fused-ring (bicyclic) bond motifs is 1. The van der Waals surface area contributed by atoms with Crippen LogP contribution in [-0.4, -0.2) is 40.2 Å². The van der Waals surface area contributed by atoms with Gasteiger partial charge >= 0.3 is 0 Å². The number of hydrogen-bond donors (Lipinski definition) is 2. The molecule has 2 N–H and O–H groups in total. The number of aliphatic hydroxyl groups excluding tert-OH is 1. The van der Waals surface area contributed by atoms with Gasteiger partial charge < -0.3 is 19.7 Å². The predicted molar refractivity (Wildman–Crippen MR) is 80.0 cm³/mol. The molecule has 0 aromatic carbocycles. The summed E-state index contributed by atoms with van der Waals surface area (Å²) in [6.45, 7) is 2.94. The summed E-state index contributed by atoms with van der Waals surface area (Å²) in [5.74, 6) is 0.950. The van der Waals surface area contributed by atoms with Crippen molar-refractivity contribution in [2.75, 3.05) is 18.6 Å². The van der Waals surface area contributed by atoms with Crippen molar-refractivity contribution in [3.8, 4) is 0 Å². The third kappa shape index (κ3) is 2.51. The molecule has 1 saturated carbocycles. The van der Waals surface area contributed by atoms with Gasteiger partial charge in [-0.25, -0.2) is 4.98 Å². The van der Waals surface area contributed by atoms with E-state index in [9.17, 15) is 5.11 Å². The molecule has 5 heteroatoms. The Bertz CT molecular complexity index is 591. The van der Waals surface area contributed by atoms with Gasteiger partial charge in [0.1, 0.15) is 5.65 Å². The molecule has 2 aromatic heterocycles. The summed E-state index contributed by atoms with van der Waals surface area (Å²) in [6.07, 6.45) is 4.59. The summed E-state index contributed by atoms with van der Waals surface area (Å²) >= 11 is 0. The van der Waals surface area contributed by atoms with Crippen LogP contribution in [-0.2, 0) is 6.54 Å². The van der Waals surface area contributed by atoms with Gasteiger partial charge in [-0.05, 0) is 31.9 Å². The number of anilines is 1. The lowest BCUT2D eigenvalue weighted by Gasteiger charge is -2.24. The average molecular weight is 274 g/mol. The Kier molecular flexibility index (Phi) is 3.63. The molecule has 2 aromatic rings. The number of likely N-dealkylation sites (N-methyl/N-ethyl adjacent to an activating group) is 1. The third-order valence-corrected chi connectivity index (χ3v) is 4.00. The number of nitrogens with one attached hydrogen (secondary N) is 1. The van der Waals surface area contributed by atoms with E-state index in [1.54, 1.807) is 0 Å². The van der Waals surface area contributed by atoms with Gasteiger partial charge in [0.05, 0.1) is 18.3 Å². The molecule has 0 spiro atoms. The number of aliphatic hydroxyl groups is 1. The number of nitrogens with zero attached hydrogens (tertiary/aromatic N) is 3. The van der Waals surface area contributed by atoms with Crippen LogP contribution in [0.3, 0.4) is 0 Å². The normalized spacial score (nSPS) is 16.6. The number of rotatable bonds is 6. The SMILES string of the molecule is CC(CO)N(C)c1nc2ccccn2c1CNC1CC1. The second kappa shape index (κ2) is 5.42. The Hall–Kier alpha value is -1.59. The molecule has 0 bridgehead atoms. The summed E-state index contributed by atoms with van der Waals surface area (Å²) in [6, 6.07) is 6.76. The van der Waals surface area contributed by atoms with E-state index in [0.717, 1.165) is 23.7 Å². The van der Waals surface area contributed by atoms with Crippen molar-refractivity contribution in [1.29, 1.82) is 0 Å². The van der Waals surface area contributed by atoms with E-state index >= 15 is 0 Å². The highest BCUT2D eigenvalue weighted by Crippen LogP contribution is 2.25. The Morgan fingerprint density at radius 3 is 3.00 bits per heavy atom. The molecule has 0 aliphatic heterocycles. The van der Waals surface area contributed by atoms with E-state index in [-0.39, 0.29) is 12.6 Å². The molecule has 0 radical (unpaired) electrons. The summed E-state index contributed by atoms with van der Waals surface area (Å²) in [4.78, 5) is 6.77. The van der Waals surface area contributed by atoms with Crippen LogP contribution < -0.4 is 10.2 Å². The molecular weight excluding hydrogens is 252 g/mol. The lowest BCUT2D eigenvalue weighted by molar-refractivity contribution is 0.269. The van der Waals surface area contributed by atoms with Crippen LogP contribution in [0.2, 0.25) is 0 Å². The minimum atomic E-state index is 0.0552. The molecule has 1 aliphatic rings. The quantitative estimate of drug-likeness (QED) is 0.836. The van der Waals surface area contributed by atoms with E-state index < -0.39 is 0 Å². The van der Waals surface area contributed by atoms with E-state index in [1.807, 2.05) is 38.4 Å². The van der Waals surface area contributed by atoms with Gasteiger partial charge in [0.2, 0.25) is 0 Å². The highest BCUT2D eigenvalue weighted by atomic mass is 16.3. The molecule has 3 rings (SSSR count). The highest BCUT2D eigenvalue weighted by molar-refractivity contribution is 5.56. The molecule has 1 fully saturated rings. The van der Waals surface area contributed by atoms with E-state index in [1.165, 1.54) is 12.8 Å². The molecule has 1 atom stereocenters. The van der Waals surface area contributed by atoms with Crippen LogP contribution in [0.15, 0.2) is 24.4 Å². The number of imidazole rings is 1. The molecular formula is C15H22N4O. The van der Waals surface area contributed by atoms with Crippen LogP contribution in [0.1, 0.15) is 25.5 Å². The summed E-state index contributed by atoms with van der Waals surface area (Å²) in [5.41, 5.74) is 2.11. The smallest absolute Gasteiger partial charge is 0.152 e. The first-order valence-corrected chi connectivity index (χ1v) is 7.23. The maximum atomic E-state index is 9.37.